The molecule has 2 aromatic rings. The fourth-order valence-corrected chi connectivity index (χ4v) is 2.20. The number of methoxy groups -OCH3 is 1. The average Bonchev–Trinajstić information content (AvgIpc) is 2.87. The first-order chi connectivity index (χ1) is 8.24. The Morgan fingerprint density at radius 2 is 1.94 bits per heavy atom. The van der Waals surface area contributed by atoms with Crippen molar-refractivity contribution in [3.8, 4) is 11.1 Å². The van der Waals surface area contributed by atoms with Crippen molar-refractivity contribution in [1.82, 2.24) is 0 Å². The van der Waals surface area contributed by atoms with E-state index < -0.39 is 0 Å². The summed E-state index contributed by atoms with van der Waals surface area (Å²) >= 11 is 1.40. The maximum Gasteiger partial charge on any atom is 0.337 e. The topological polar surface area (TPSA) is 43.4 Å². The van der Waals surface area contributed by atoms with E-state index in [0.717, 1.165) is 17.4 Å². The summed E-state index contributed by atoms with van der Waals surface area (Å²) in [5.74, 6) is -0.351. The van der Waals surface area contributed by atoms with Crippen molar-refractivity contribution in [2.75, 3.05) is 7.11 Å². The lowest BCUT2D eigenvalue weighted by molar-refractivity contribution is 0.0600. The highest BCUT2D eigenvalue weighted by atomic mass is 32.1. The molecule has 0 amide bonds. The van der Waals surface area contributed by atoms with Gasteiger partial charge in [0.25, 0.3) is 0 Å². The first kappa shape index (κ1) is 11.5. The minimum Gasteiger partial charge on any atom is -0.465 e. The summed E-state index contributed by atoms with van der Waals surface area (Å²) in [5.41, 5.74) is 2.47. The molecule has 0 atom stereocenters. The van der Waals surface area contributed by atoms with Gasteiger partial charge in [0.1, 0.15) is 0 Å². The second kappa shape index (κ2) is 4.93. The second-order valence-corrected chi connectivity index (χ2v) is 4.37. The van der Waals surface area contributed by atoms with Crippen LogP contribution in [0.5, 0.6) is 0 Å². The van der Waals surface area contributed by atoms with Crippen LogP contribution in [0.2, 0.25) is 0 Å². The molecule has 0 aliphatic heterocycles. The molecule has 1 heterocycles. The van der Waals surface area contributed by atoms with Crippen molar-refractivity contribution in [1.29, 1.82) is 0 Å². The van der Waals surface area contributed by atoms with Crippen LogP contribution < -0.4 is 0 Å². The highest BCUT2D eigenvalue weighted by Gasteiger charge is 2.06. The molecule has 0 saturated carbocycles. The summed E-state index contributed by atoms with van der Waals surface area (Å²) in [6.45, 7) is 0. The van der Waals surface area contributed by atoms with E-state index in [1.165, 1.54) is 18.4 Å². The van der Waals surface area contributed by atoms with Gasteiger partial charge in [-0.05, 0) is 34.7 Å². The SMILES string of the molecule is COC(=O)c1ccc(-c2csc(C=O)c2)cc1. The normalized spacial score (nSPS) is 9.94. The molecule has 86 valence electrons. The zero-order valence-electron chi connectivity index (χ0n) is 9.17. The van der Waals surface area contributed by atoms with Gasteiger partial charge in [0, 0.05) is 0 Å². The molecule has 1 aromatic heterocycles. The van der Waals surface area contributed by atoms with Crippen LogP contribution in [0, 0.1) is 0 Å². The molecule has 0 aliphatic carbocycles. The van der Waals surface area contributed by atoms with Crippen molar-refractivity contribution >= 4 is 23.6 Å². The van der Waals surface area contributed by atoms with Crippen molar-refractivity contribution in [2.24, 2.45) is 0 Å². The lowest BCUT2D eigenvalue weighted by atomic mass is 10.1. The number of aldehydes is 1. The number of carbonyl (C=O) groups excluding carboxylic acids is 2. The zero-order chi connectivity index (χ0) is 12.3. The van der Waals surface area contributed by atoms with Crippen molar-refractivity contribution in [2.45, 2.75) is 0 Å². The van der Waals surface area contributed by atoms with Crippen molar-refractivity contribution < 1.29 is 14.3 Å². The molecule has 0 saturated heterocycles. The fraction of sp³-hybridized carbons (Fsp3) is 0.0769. The number of carbonyl (C=O) groups is 2. The summed E-state index contributed by atoms with van der Waals surface area (Å²) in [5, 5.41) is 1.91. The van der Waals surface area contributed by atoms with Crippen LogP contribution in [0.4, 0.5) is 0 Å². The highest BCUT2D eigenvalue weighted by molar-refractivity contribution is 7.12. The minimum atomic E-state index is -0.351. The maximum atomic E-state index is 11.2. The van der Waals surface area contributed by atoms with Crippen LogP contribution in [0.25, 0.3) is 11.1 Å². The highest BCUT2D eigenvalue weighted by Crippen LogP contribution is 2.25. The molecule has 0 radical (unpaired) electrons. The number of ether oxygens (including phenoxy) is 1. The molecular formula is C13H10O3S. The van der Waals surface area contributed by atoms with Crippen LogP contribution in [-0.4, -0.2) is 19.4 Å². The van der Waals surface area contributed by atoms with E-state index in [1.807, 2.05) is 23.6 Å². The maximum absolute atomic E-state index is 11.2. The Balaban J connectivity index is 2.28. The summed E-state index contributed by atoms with van der Waals surface area (Å²) in [6, 6.07) is 8.91. The van der Waals surface area contributed by atoms with E-state index in [9.17, 15) is 9.59 Å². The number of rotatable bonds is 3. The minimum absolute atomic E-state index is 0.351. The van der Waals surface area contributed by atoms with Gasteiger partial charge in [-0.2, -0.15) is 0 Å². The van der Waals surface area contributed by atoms with E-state index in [1.54, 1.807) is 12.1 Å². The molecule has 0 fully saturated rings. The molecule has 0 N–H and O–H groups in total. The Labute approximate surface area is 103 Å². The van der Waals surface area contributed by atoms with Gasteiger partial charge in [-0.25, -0.2) is 4.79 Å². The third-order valence-electron chi connectivity index (χ3n) is 2.38. The summed E-state index contributed by atoms with van der Waals surface area (Å²) in [7, 11) is 1.35. The molecule has 4 heteroatoms. The number of hydrogen-bond acceptors (Lipinski definition) is 4. The Hall–Kier alpha value is -1.94. The average molecular weight is 246 g/mol. The first-order valence-corrected chi connectivity index (χ1v) is 5.85. The summed E-state index contributed by atoms with van der Waals surface area (Å²) < 4.78 is 4.62. The first-order valence-electron chi connectivity index (χ1n) is 4.97. The lowest BCUT2D eigenvalue weighted by Crippen LogP contribution is -2.00. The predicted molar refractivity (Wildman–Crippen MR) is 66.5 cm³/mol. The van der Waals surface area contributed by atoms with E-state index in [4.69, 9.17) is 0 Å². The van der Waals surface area contributed by atoms with Crippen LogP contribution in [0.3, 0.4) is 0 Å². The Morgan fingerprint density at radius 3 is 2.47 bits per heavy atom. The second-order valence-electron chi connectivity index (χ2n) is 3.42. The molecule has 0 spiro atoms. The van der Waals surface area contributed by atoms with Crippen LogP contribution >= 0.6 is 11.3 Å². The number of esters is 1. The van der Waals surface area contributed by atoms with Gasteiger partial charge in [-0.3, -0.25) is 4.79 Å². The standard InChI is InChI=1S/C13H10O3S/c1-16-13(15)10-4-2-9(3-5-10)11-6-12(7-14)17-8-11/h2-8H,1H3. The third kappa shape index (κ3) is 2.42. The zero-order valence-corrected chi connectivity index (χ0v) is 9.99. The van der Waals surface area contributed by atoms with Gasteiger partial charge in [-0.1, -0.05) is 12.1 Å². The van der Waals surface area contributed by atoms with Crippen LogP contribution in [0.15, 0.2) is 35.7 Å². The smallest absolute Gasteiger partial charge is 0.337 e. The number of thiophene rings is 1. The Bertz CT molecular complexity index is 540. The van der Waals surface area contributed by atoms with Gasteiger partial charge in [0.2, 0.25) is 0 Å². The molecule has 0 bridgehead atoms. The monoisotopic (exact) mass is 246 g/mol. The molecule has 17 heavy (non-hydrogen) atoms. The molecule has 0 unspecified atom stereocenters. The largest absolute Gasteiger partial charge is 0.465 e. The number of benzene rings is 1. The van der Waals surface area contributed by atoms with Crippen molar-refractivity contribution in [3.05, 3.63) is 46.2 Å². The quantitative estimate of drug-likeness (QED) is 0.617. The van der Waals surface area contributed by atoms with E-state index >= 15 is 0 Å². The lowest BCUT2D eigenvalue weighted by Gasteiger charge is -2.00. The van der Waals surface area contributed by atoms with E-state index in [-0.39, 0.29) is 5.97 Å². The van der Waals surface area contributed by atoms with Gasteiger partial charge in [0.05, 0.1) is 17.6 Å². The van der Waals surface area contributed by atoms with Gasteiger partial charge in [0.15, 0.2) is 6.29 Å². The molecule has 0 aliphatic rings. The van der Waals surface area contributed by atoms with Gasteiger partial charge >= 0.3 is 5.97 Å². The summed E-state index contributed by atoms with van der Waals surface area (Å²) in [4.78, 5) is 22.5. The van der Waals surface area contributed by atoms with Crippen LogP contribution in [0.1, 0.15) is 20.0 Å². The molecule has 2 rings (SSSR count). The van der Waals surface area contributed by atoms with Gasteiger partial charge in [-0.15, -0.1) is 11.3 Å². The molecule has 3 nitrogen and oxygen atoms in total. The van der Waals surface area contributed by atoms with Crippen molar-refractivity contribution in [3.63, 3.8) is 0 Å². The third-order valence-corrected chi connectivity index (χ3v) is 3.23. The summed E-state index contributed by atoms with van der Waals surface area (Å²) in [6.07, 6.45) is 0.830. The molecule has 1 aromatic carbocycles. The predicted octanol–water partition coefficient (Wildman–Crippen LogP) is 3.01. The fourth-order valence-electron chi connectivity index (χ4n) is 1.48. The van der Waals surface area contributed by atoms with E-state index in [2.05, 4.69) is 4.74 Å². The molecular weight excluding hydrogens is 236 g/mol. The Kier molecular flexibility index (Phi) is 3.35. The van der Waals surface area contributed by atoms with Crippen LogP contribution in [-0.2, 0) is 4.74 Å². The van der Waals surface area contributed by atoms with Gasteiger partial charge < -0.3 is 4.74 Å². The number of hydrogen-bond donors (Lipinski definition) is 0. The Morgan fingerprint density at radius 1 is 1.24 bits per heavy atom. The van der Waals surface area contributed by atoms with E-state index in [0.29, 0.717) is 10.4 Å².